The molecule has 0 unspecified atom stereocenters. The Kier molecular flexibility index (Phi) is 6.59. The van der Waals surface area contributed by atoms with Gasteiger partial charge in [0.05, 0.1) is 11.3 Å². The van der Waals surface area contributed by atoms with Crippen LogP contribution in [0.2, 0.25) is 0 Å². The molecule has 1 spiro atoms. The van der Waals surface area contributed by atoms with E-state index >= 15 is 0 Å². The van der Waals surface area contributed by atoms with Crippen LogP contribution in [0.5, 0.6) is 0 Å². The minimum atomic E-state index is -4.42. The largest absolute Gasteiger partial charge is 0.416 e. The van der Waals surface area contributed by atoms with Gasteiger partial charge in [0.15, 0.2) is 0 Å². The van der Waals surface area contributed by atoms with E-state index in [-0.39, 0.29) is 5.56 Å². The molecule has 0 bridgehead atoms. The SMILES string of the molecule is O=NC(=O)c1ccc(C2=NOC3(CCN(Cc4cc(C(F)(F)F)ccc4-c4cccnc4)CC3)C2)cc1. The molecule has 0 atom stereocenters. The van der Waals surface area contributed by atoms with Crippen molar-refractivity contribution >= 4 is 11.6 Å². The molecule has 1 aromatic heterocycles. The van der Waals surface area contributed by atoms with Gasteiger partial charge in [-0.15, -0.1) is 4.91 Å². The maximum Gasteiger partial charge on any atom is 0.416 e. The minimum absolute atomic E-state index is 0.210. The molecule has 37 heavy (non-hydrogen) atoms. The quantitative estimate of drug-likeness (QED) is 0.405. The maximum absolute atomic E-state index is 13.4. The van der Waals surface area contributed by atoms with Gasteiger partial charge in [0.1, 0.15) is 5.60 Å². The first kappa shape index (κ1) is 24.8. The summed E-state index contributed by atoms with van der Waals surface area (Å²) in [7, 11) is 0. The Morgan fingerprint density at radius 3 is 2.46 bits per heavy atom. The molecule has 5 rings (SSSR count). The number of likely N-dealkylation sites (tertiary alicyclic amines) is 1. The number of aromatic nitrogens is 1. The molecular weight excluding hydrogens is 485 g/mol. The molecule has 0 saturated carbocycles. The highest BCUT2D eigenvalue weighted by Crippen LogP contribution is 2.38. The first-order valence-electron chi connectivity index (χ1n) is 11.8. The molecule has 3 heterocycles. The molecule has 3 aromatic rings. The van der Waals surface area contributed by atoms with Crippen LogP contribution in [0, 0.1) is 4.91 Å². The van der Waals surface area contributed by atoms with Gasteiger partial charge in [-0.2, -0.15) is 13.2 Å². The third-order valence-electron chi connectivity index (χ3n) is 6.95. The van der Waals surface area contributed by atoms with Crippen LogP contribution < -0.4 is 0 Å². The predicted octanol–water partition coefficient (Wildman–Crippen LogP) is 5.83. The van der Waals surface area contributed by atoms with E-state index in [0.29, 0.717) is 44.5 Å². The van der Waals surface area contributed by atoms with Crippen LogP contribution in [0.1, 0.15) is 46.3 Å². The fraction of sp³-hybridized carbons (Fsp3) is 0.296. The number of nitrogens with zero attached hydrogens (tertiary/aromatic N) is 4. The van der Waals surface area contributed by atoms with Gasteiger partial charge >= 0.3 is 12.1 Å². The molecule has 2 aromatic carbocycles. The van der Waals surface area contributed by atoms with Crippen LogP contribution in [-0.4, -0.2) is 40.2 Å². The fourth-order valence-corrected chi connectivity index (χ4v) is 4.87. The molecule has 10 heteroatoms. The average molecular weight is 509 g/mol. The fourth-order valence-electron chi connectivity index (χ4n) is 4.87. The topological polar surface area (TPSA) is 84.2 Å². The Bertz CT molecular complexity index is 1330. The number of halogens is 3. The first-order chi connectivity index (χ1) is 17.8. The molecule has 0 N–H and O–H groups in total. The van der Waals surface area contributed by atoms with Crippen LogP contribution in [0.4, 0.5) is 13.2 Å². The lowest BCUT2D eigenvalue weighted by Crippen LogP contribution is -2.44. The number of alkyl halides is 3. The number of hydrogen-bond donors (Lipinski definition) is 0. The van der Waals surface area contributed by atoms with Crippen molar-refractivity contribution in [2.75, 3.05) is 13.1 Å². The van der Waals surface area contributed by atoms with Crippen molar-refractivity contribution in [2.24, 2.45) is 10.3 Å². The van der Waals surface area contributed by atoms with Crippen molar-refractivity contribution in [1.29, 1.82) is 0 Å². The standard InChI is InChI=1S/C27H23F3N4O3/c28-27(29,30)22-7-8-23(20-2-1-11-31-16-20)21(14-22)17-34-12-9-26(10-13-34)15-24(33-37-26)18-3-5-19(6-4-18)25(35)32-36/h1-8,11,14,16H,9-10,12-13,15,17H2. The molecule has 2 aliphatic heterocycles. The number of piperidine rings is 1. The molecule has 7 nitrogen and oxygen atoms in total. The van der Waals surface area contributed by atoms with E-state index in [9.17, 15) is 22.9 Å². The summed E-state index contributed by atoms with van der Waals surface area (Å²) >= 11 is 0. The van der Waals surface area contributed by atoms with Crippen LogP contribution in [0.15, 0.2) is 77.3 Å². The summed E-state index contributed by atoms with van der Waals surface area (Å²) in [4.78, 5) is 34.0. The summed E-state index contributed by atoms with van der Waals surface area (Å²) in [6, 6.07) is 14.0. The van der Waals surface area contributed by atoms with E-state index in [1.54, 1.807) is 30.6 Å². The van der Waals surface area contributed by atoms with E-state index < -0.39 is 23.2 Å². The molecule has 1 amide bonds. The Hall–Kier alpha value is -3.92. The second kappa shape index (κ2) is 9.85. The van der Waals surface area contributed by atoms with Crippen molar-refractivity contribution in [3.8, 4) is 11.1 Å². The van der Waals surface area contributed by atoms with Crippen molar-refractivity contribution in [3.05, 3.63) is 94.2 Å². The lowest BCUT2D eigenvalue weighted by molar-refractivity contribution is -0.137. The van der Waals surface area contributed by atoms with Crippen LogP contribution in [0.25, 0.3) is 11.1 Å². The number of pyridine rings is 1. The summed E-state index contributed by atoms with van der Waals surface area (Å²) < 4.78 is 40.3. The summed E-state index contributed by atoms with van der Waals surface area (Å²) in [5.41, 5.74) is 2.73. The van der Waals surface area contributed by atoms with Gasteiger partial charge in [0.25, 0.3) is 0 Å². The second-order valence-corrected chi connectivity index (χ2v) is 9.35. The molecule has 2 aliphatic rings. The Balaban J connectivity index is 1.27. The van der Waals surface area contributed by atoms with Crippen molar-refractivity contribution in [2.45, 2.75) is 37.6 Å². The van der Waals surface area contributed by atoms with E-state index in [2.05, 4.69) is 20.2 Å². The Labute approximate surface area is 210 Å². The highest BCUT2D eigenvalue weighted by molar-refractivity contribution is 6.03. The number of amides is 1. The number of benzene rings is 2. The van der Waals surface area contributed by atoms with Crippen LogP contribution in [0.3, 0.4) is 0 Å². The van der Waals surface area contributed by atoms with Crippen molar-refractivity contribution < 1.29 is 22.8 Å². The van der Waals surface area contributed by atoms with E-state index in [1.807, 2.05) is 6.07 Å². The molecule has 0 aliphatic carbocycles. The molecular formula is C27H23F3N4O3. The van der Waals surface area contributed by atoms with Crippen LogP contribution in [-0.2, 0) is 17.6 Å². The van der Waals surface area contributed by atoms with Gasteiger partial charge in [-0.05, 0) is 47.0 Å². The molecule has 190 valence electrons. The number of oxime groups is 1. The van der Waals surface area contributed by atoms with E-state index in [0.717, 1.165) is 28.5 Å². The third-order valence-corrected chi connectivity index (χ3v) is 6.95. The monoisotopic (exact) mass is 508 g/mol. The molecule has 1 saturated heterocycles. The zero-order valence-electron chi connectivity index (χ0n) is 19.7. The number of nitroso groups, excluding NO2 is 1. The number of carbonyl (C=O) groups is 1. The summed E-state index contributed by atoms with van der Waals surface area (Å²) in [5, 5.41) is 6.70. The van der Waals surface area contributed by atoms with E-state index in [1.165, 1.54) is 24.3 Å². The van der Waals surface area contributed by atoms with Gasteiger partial charge in [-0.25, -0.2) is 0 Å². The number of carbonyl (C=O) groups excluding carboxylic acids is 1. The number of hydrogen-bond acceptors (Lipinski definition) is 6. The maximum atomic E-state index is 13.4. The summed E-state index contributed by atoms with van der Waals surface area (Å²) in [6.45, 7) is 1.66. The Morgan fingerprint density at radius 1 is 1.05 bits per heavy atom. The van der Waals surface area contributed by atoms with Gasteiger partial charge in [-0.3, -0.25) is 14.7 Å². The van der Waals surface area contributed by atoms with Gasteiger partial charge in [-0.1, -0.05) is 29.4 Å². The zero-order chi connectivity index (χ0) is 26.0. The van der Waals surface area contributed by atoms with Crippen LogP contribution >= 0.6 is 0 Å². The minimum Gasteiger partial charge on any atom is -0.388 e. The Morgan fingerprint density at radius 2 is 1.81 bits per heavy atom. The second-order valence-electron chi connectivity index (χ2n) is 9.35. The van der Waals surface area contributed by atoms with Gasteiger partial charge < -0.3 is 4.84 Å². The highest BCUT2D eigenvalue weighted by Gasteiger charge is 2.42. The van der Waals surface area contributed by atoms with Crippen molar-refractivity contribution in [3.63, 3.8) is 0 Å². The third kappa shape index (κ3) is 5.29. The lowest BCUT2D eigenvalue weighted by Gasteiger charge is -2.37. The molecule has 1 fully saturated rings. The first-order valence-corrected chi connectivity index (χ1v) is 11.8. The van der Waals surface area contributed by atoms with Crippen molar-refractivity contribution in [1.82, 2.24) is 9.88 Å². The predicted molar refractivity (Wildman–Crippen MR) is 131 cm³/mol. The summed E-state index contributed by atoms with van der Waals surface area (Å²) in [6.07, 6.45) is 0.797. The lowest BCUT2D eigenvalue weighted by atomic mass is 9.85. The van der Waals surface area contributed by atoms with Gasteiger partial charge in [0, 0.05) is 67.6 Å². The molecule has 0 radical (unpaired) electrons. The average Bonchev–Trinajstić information content (AvgIpc) is 3.33. The normalized spacial score (nSPS) is 17.3. The number of rotatable bonds is 5. The van der Waals surface area contributed by atoms with Gasteiger partial charge in [0.2, 0.25) is 0 Å². The van der Waals surface area contributed by atoms with E-state index in [4.69, 9.17) is 4.84 Å². The smallest absolute Gasteiger partial charge is 0.388 e. The zero-order valence-corrected chi connectivity index (χ0v) is 19.7. The highest BCUT2D eigenvalue weighted by atomic mass is 19.4. The summed E-state index contributed by atoms with van der Waals surface area (Å²) in [5.74, 6) is -0.826.